The van der Waals surface area contributed by atoms with Gasteiger partial charge in [-0.25, -0.2) is 4.79 Å². The molecule has 0 heterocycles. The molecule has 0 aliphatic heterocycles. The average molecular weight is 656 g/mol. The van der Waals surface area contributed by atoms with Crippen molar-refractivity contribution in [3.8, 4) is 0 Å². The number of hydrogen-bond donors (Lipinski definition) is 8. The summed E-state index contributed by atoms with van der Waals surface area (Å²) in [7, 11) is 0. The molecule has 16 heteroatoms. The summed E-state index contributed by atoms with van der Waals surface area (Å²) < 4.78 is 0. The van der Waals surface area contributed by atoms with E-state index in [4.69, 9.17) is 27.5 Å². The highest BCUT2D eigenvalue weighted by molar-refractivity contribution is 6.31. The number of rotatable bonds is 19. The van der Waals surface area contributed by atoms with Gasteiger partial charge in [-0.2, -0.15) is 0 Å². The summed E-state index contributed by atoms with van der Waals surface area (Å²) in [6.45, 7) is 6.86. The molecule has 0 aromatic heterocycles. The van der Waals surface area contributed by atoms with Crippen LogP contribution in [0.4, 0.5) is 0 Å². The molecule has 250 valence electrons. The number of nitrogens with one attached hydrogen (secondary N) is 4. The van der Waals surface area contributed by atoms with Crippen LogP contribution < -0.4 is 27.0 Å². The van der Waals surface area contributed by atoms with Gasteiger partial charge in [0.05, 0.1) is 12.5 Å². The monoisotopic (exact) mass is 655 g/mol. The van der Waals surface area contributed by atoms with Crippen molar-refractivity contribution in [2.75, 3.05) is 0 Å². The van der Waals surface area contributed by atoms with Gasteiger partial charge in [0.15, 0.2) is 0 Å². The molecule has 1 aromatic rings. The third-order valence-electron chi connectivity index (χ3n) is 6.60. The maximum atomic E-state index is 13.6. The van der Waals surface area contributed by atoms with Crippen molar-refractivity contribution in [2.45, 2.75) is 90.0 Å². The predicted molar refractivity (Wildman–Crippen MR) is 162 cm³/mol. The zero-order chi connectivity index (χ0) is 34.4. The highest BCUT2D eigenvalue weighted by atomic mass is 35.5. The minimum Gasteiger partial charge on any atom is -0.481 e. The molecule has 0 saturated heterocycles. The summed E-state index contributed by atoms with van der Waals surface area (Å²) in [4.78, 5) is 86.2. The highest BCUT2D eigenvalue weighted by Crippen LogP contribution is 2.17. The Morgan fingerprint density at radius 1 is 0.756 bits per heavy atom. The highest BCUT2D eigenvalue weighted by Gasteiger charge is 2.34. The fraction of sp³-hybridized carbons (Fsp3) is 0.552. The second kappa shape index (κ2) is 18.5. The van der Waals surface area contributed by atoms with E-state index in [9.17, 15) is 38.7 Å². The molecular weight excluding hydrogens is 614 g/mol. The Kier molecular flexibility index (Phi) is 16.0. The number of carboxylic acids is 3. The van der Waals surface area contributed by atoms with Gasteiger partial charge in [0.25, 0.3) is 0 Å². The molecule has 0 radical (unpaired) electrons. The fourth-order valence-corrected chi connectivity index (χ4v) is 4.40. The molecule has 0 fully saturated rings. The number of amides is 4. The molecule has 1 aromatic carbocycles. The largest absolute Gasteiger partial charge is 0.481 e. The quantitative estimate of drug-likeness (QED) is 0.100. The molecule has 1 rings (SSSR count). The maximum Gasteiger partial charge on any atom is 0.326 e. The summed E-state index contributed by atoms with van der Waals surface area (Å²) >= 11 is 6.25. The molecular formula is C29H42ClN5O10. The summed E-state index contributed by atoms with van der Waals surface area (Å²) in [6, 6.07) is -0.347. The van der Waals surface area contributed by atoms with Gasteiger partial charge < -0.3 is 42.3 Å². The van der Waals surface area contributed by atoms with Crippen molar-refractivity contribution < 1.29 is 48.9 Å². The summed E-state index contributed by atoms with van der Waals surface area (Å²) in [5, 5.41) is 37.3. The second-order valence-corrected chi connectivity index (χ2v) is 11.7. The molecule has 9 N–H and O–H groups in total. The van der Waals surface area contributed by atoms with Crippen molar-refractivity contribution >= 4 is 53.1 Å². The van der Waals surface area contributed by atoms with Crippen LogP contribution >= 0.6 is 11.6 Å². The van der Waals surface area contributed by atoms with Gasteiger partial charge >= 0.3 is 17.9 Å². The average Bonchev–Trinajstić information content (AvgIpc) is 2.93. The number of carboxylic acid groups (broad SMARTS) is 3. The van der Waals surface area contributed by atoms with Crippen molar-refractivity contribution in [1.29, 1.82) is 0 Å². The van der Waals surface area contributed by atoms with Gasteiger partial charge in [-0.1, -0.05) is 57.5 Å². The maximum absolute atomic E-state index is 13.6. The molecule has 0 unspecified atom stereocenters. The van der Waals surface area contributed by atoms with Crippen molar-refractivity contribution in [3.63, 3.8) is 0 Å². The number of benzene rings is 1. The van der Waals surface area contributed by atoms with E-state index < -0.39 is 84.1 Å². The second-order valence-electron chi connectivity index (χ2n) is 11.3. The third kappa shape index (κ3) is 13.9. The van der Waals surface area contributed by atoms with Crippen LogP contribution in [0, 0.1) is 11.8 Å². The number of halogens is 1. The first-order chi connectivity index (χ1) is 20.9. The first kappa shape index (κ1) is 38.8. The van der Waals surface area contributed by atoms with E-state index in [1.165, 1.54) is 0 Å². The van der Waals surface area contributed by atoms with E-state index >= 15 is 0 Å². The van der Waals surface area contributed by atoms with Crippen molar-refractivity contribution in [1.82, 2.24) is 21.3 Å². The summed E-state index contributed by atoms with van der Waals surface area (Å²) in [5.41, 5.74) is 6.21. The topological polar surface area (TPSA) is 254 Å². The van der Waals surface area contributed by atoms with Gasteiger partial charge in [0, 0.05) is 17.9 Å². The lowest BCUT2D eigenvalue weighted by Crippen LogP contribution is -2.60. The minimum atomic E-state index is -1.79. The molecule has 4 amide bonds. The van der Waals surface area contributed by atoms with Crippen LogP contribution in [0.15, 0.2) is 24.3 Å². The molecule has 5 atom stereocenters. The molecule has 0 saturated carbocycles. The molecule has 0 aliphatic rings. The standard InChI is InChI=1S/C29H42ClN5O10/c1-14(2)11-19(33-28(43)24(15(3)4)35-25(40)18(31)9-10-22(36)37)26(41)32-20(12-16-7-5-6-8-17(16)30)27(42)34-21(29(44)45)13-23(38)39/h5-8,14-15,18-21,24H,9-13,31H2,1-4H3,(H,32,41)(H,33,43)(H,34,42)(H,35,40)(H,36,37)(H,38,39)(H,44,45)/t18-,19-,20-,21-,24-/m0/s1. The third-order valence-corrected chi connectivity index (χ3v) is 6.97. The van der Waals surface area contributed by atoms with E-state index in [2.05, 4.69) is 21.3 Å². The van der Waals surface area contributed by atoms with Gasteiger partial charge in [-0.05, 0) is 36.3 Å². The van der Waals surface area contributed by atoms with Gasteiger partial charge in [0.2, 0.25) is 23.6 Å². The van der Waals surface area contributed by atoms with Crippen LogP contribution in [-0.4, -0.2) is 87.1 Å². The first-order valence-electron chi connectivity index (χ1n) is 14.3. The Bertz CT molecular complexity index is 1240. The summed E-state index contributed by atoms with van der Waals surface area (Å²) in [5.74, 6) is -8.09. The number of carbonyl (C=O) groups is 7. The number of hydrogen-bond acceptors (Lipinski definition) is 8. The van der Waals surface area contributed by atoms with Gasteiger partial charge in [-0.15, -0.1) is 0 Å². The van der Waals surface area contributed by atoms with Crippen LogP contribution in [0.2, 0.25) is 5.02 Å². The zero-order valence-electron chi connectivity index (χ0n) is 25.5. The van der Waals surface area contributed by atoms with Crippen LogP contribution in [-0.2, 0) is 40.0 Å². The Morgan fingerprint density at radius 3 is 1.82 bits per heavy atom. The Balaban J connectivity index is 3.25. The van der Waals surface area contributed by atoms with E-state index in [1.54, 1.807) is 52.0 Å². The Labute approximate surface area is 265 Å². The SMILES string of the molecule is CC(C)C[C@H](NC(=O)[C@@H](NC(=O)[C@@H](N)CCC(=O)O)C(C)C)C(=O)N[C@@H](Cc1ccccc1Cl)C(=O)N[C@@H](CC(=O)O)C(=O)O. The molecule has 15 nitrogen and oxygen atoms in total. The Hall–Kier alpha value is -4.24. The van der Waals surface area contributed by atoms with Crippen LogP contribution in [0.25, 0.3) is 0 Å². The normalized spacial score (nSPS) is 14.4. The van der Waals surface area contributed by atoms with E-state index in [1.807, 2.05) is 0 Å². The number of carbonyl (C=O) groups excluding carboxylic acids is 4. The minimum absolute atomic E-state index is 0.103. The molecule has 0 bridgehead atoms. The van der Waals surface area contributed by atoms with E-state index in [-0.39, 0.29) is 36.6 Å². The lowest BCUT2D eigenvalue weighted by Gasteiger charge is -2.28. The number of aliphatic carboxylic acids is 3. The van der Waals surface area contributed by atoms with Crippen LogP contribution in [0.5, 0.6) is 0 Å². The fourth-order valence-electron chi connectivity index (χ4n) is 4.18. The van der Waals surface area contributed by atoms with E-state index in [0.29, 0.717) is 5.56 Å². The Morgan fingerprint density at radius 2 is 1.31 bits per heavy atom. The van der Waals surface area contributed by atoms with Crippen LogP contribution in [0.1, 0.15) is 58.9 Å². The smallest absolute Gasteiger partial charge is 0.326 e. The number of nitrogens with two attached hydrogens (primary N) is 1. The van der Waals surface area contributed by atoms with E-state index in [0.717, 1.165) is 0 Å². The van der Waals surface area contributed by atoms with Crippen LogP contribution in [0.3, 0.4) is 0 Å². The molecule has 0 aliphatic carbocycles. The molecule has 0 spiro atoms. The van der Waals surface area contributed by atoms with Gasteiger partial charge in [-0.3, -0.25) is 28.8 Å². The molecule has 45 heavy (non-hydrogen) atoms. The predicted octanol–water partition coefficient (Wildman–Crippen LogP) is 0.275. The van der Waals surface area contributed by atoms with Crippen molar-refractivity contribution in [3.05, 3.63) is 34.9 Å². The lowest BCUT2D eigenvalue weighted by molar-refractivity contribution is -0.147. The van der Waals surface area contributed by atoms with Crippen molar-refractivity contribution in [2.24, 2.45) is 17.6 Å². The first-order valence-corrected chi connectivity index (χ1v) is 14.7. The zero-order valence-corrected chi connectivity index (χ0v) is 26.3. The van der Waals surface area contributed by atoms with Gasteiger partial charge in [0.1, 0.15) is 24.2 Å². The lowest BCUT2D eigenvalue weighted by atomic mass is 9.98. The summed E-state index contributed by atoms with van der Waals surface area (Å²) in [6.07, 6.45) is -1.52.